The van der Waals surface area contributed by atoms with E-state index >= 15 is 0 Å². The van der Waals surface area contributed by atoms with Crippen LogP contribution in [0, 0.1) is 6.92 Å². The first-order chi connectivity index (χ1) is 18.4. The van der Waals surface area contributed by atoms with Crippen LogP contribution in [0.2, 0.25) is 10.0 Å². The van der Waals surface area contributed by atoms with E-state index in [-0.39, 0.29) is 29.1 Å². The Morgan fingerprint density at radius 3 is 2.18 bits per heavy atom. The number of nitrogens with zero attached hydrogens (tertiary/aromatic N) is 2. The van der Waals surface area contributed by atoms with Gasteiger partial charge in [0.25, 0.3) is 10.0 Å². The summed E-state index contributed by atoms with van der Waals surface area (Å²) < 4.78 is 28.8. The molecule has 3 aromatic carbocycles. The third-order valence-electron chi connectivity index (χ3n) is 6.55. The number of rotatable bonds is 11. The van der Waals surface area contributed by atoms with Crippen molar-refractivity contribution in [2.24, 2.45) is 0 Å². The quantitative estimate of drug-likeness (QED) is 0.305. The van der Waals surface area contributed by atoms with Gasteiger partial charge >= 0.3 is 0 Å². The maximum absolute atomic E-state index is 14.0. The smallest absolute Gasteiger partial charge is 0.264 e. The molecular weight excluding hydrogens is 557 g/mol. The largest absolute Gasteiger partial charge is 0.352 e. The number of hydrogen-bond donors (Lipinski definition) is 1. The van der Waals surface area contributed by atoms with Crippen LogP contribution in [0.25, 0.3) is 0 Å². The van der Waals surface area contributed by atoms with Gasteiger partial charge in [0.05, 0.1) is 10.6 Å². The standard InChI is InChI=1S/C29H33Cl2N3O4S/c1-5-20(2)32-29(36)22(4)33(18-23-14-16-24(30)17-15-23)28(35)19-34(27-13-9-12-26(31)21(27)3)39(37,38)25-10-7-6-8-11-25/h6-17,20,22H,5,18-19H2,1-4H3,(H,32,36)/t20-,22-/m1/s1. The van der Waals surface area contributed by atoms with Crippen molar-refractivity contribution < 1.29 is 18.0 Å². The van der Waals surface area contributed by atoms with Crippen LogP contribution in [0.5, 0.6) is 0 Å². The molecule has 0 aliphatic rings. The molecule has 0 aliphatic heterocycles. The lowest BCUT2D eigenvalue weighted by atomic mass is 10.1. The van der Waals surface area contributed by atoms with Crippen LogP contribution in [0.15, 0.2) is 77.7 Å². The summed E-state index contributed by atoms with van der Waals surface area (Å²) in [4.78, 5) is 28.5. The molecule has 2 atom stereocenters. The van der Waals surface area contributed by atoms with Gasteiger partial charge < -0.3 is 10.2 Å². The number of anilines is 1. The maximum Gasteiger partial charge on any atom is 0.264 e. The van der Waals surface area contributed by atoms with E-state index < -0.39 is 28.5 Å². The van der Waals surface area contributed by atoms with Crippen molar-refractivity contribution in [2.75, 3.05) is 10.8 Å². The van der Waals surface area contributed by atoms with Gasteiger partial charge in [-0.05, 0) is 74.7 Å². The molecule has 2 amide bonds. The highest BCUT2D eigenvalue weighted by Crippen LogP contribution is 2.31. The molecule has 3 aromatic rings. The highest BCUT2D eigenvalue weighted by atomic mass is 35.5. The molecule has 0 unspecified atom stereocenters. The van der Waals surface area contributed by atoms with Gasteiger partial charge in [-0.3, -0.25) is 13.9 Å². The van der Waals surface area contributed by atoms with Gasteiger partial charge in [-0.15, -0.1) is 0 Å². The fourth-order valence-electron chi connectivity index (χ4n) is 3.93. The summed E-state index contributed by atoms with van der Waals surface area (Å²) >= 11 is 12.4. The second-order valence-corrected chi connectivity index (χ2v) is 12.1. The van der Waals surface area contributed by atoms with E-state index in [1.807, 2.05) is 13.8 Å². The van der Waals surface area contributed by atoms with Gasteiger partial charge in [-0.1, -0.05) is 66.5 Å². The first kappa shape index (κ1) is 30.5. The second-order valence-electron chi connectivity index (χ2n) is 9.35. The number of hydrogen-bond acceptors (Lipinski definition) is 4. The van der Waals surface area contributed by atoms with Crippen LogP contribution in [-0.2, 0) is 26.2 Å². The highest BCUT2D eigenvalue weighted by molar-refractivity contribution is 7.92. The second kappa shape index (κ2) is 13.3. The summed E-state index contributed by atoms with van der Waals surface area (Å²) in [6, 6.07) is 18.8. The summed E-state index contributed by atoms with van der Waals surface area (Å²) in [5, 5.41) is 3.82. The first-order valence-electron chi connectivity index (χ1n) is 12.6. The summed E-state index contributed by atoms with van der Waals surface area (Å²) in [5.41, 5.74) is 1.54. The Hall–Kier alpha value is -3.07. The average molecular weight is 591 g/mol. The lowest BCUT2D eigenvalue weighted by molar-refractivity contribution is -0.139. The topological polar surface area (TPSA) is 86.8 Å². The van der Waals surface area contributed by atoms with Gasteiger partial charge in [-0.25, -0.2) is 8.42 Å². The zero-order chi connectivity index (χ0) is 28.7. The van der Waals surface area contributed by atoms with Gasteiger partial charge in [0, 0.05) is 22.6 Å². The fourth-order valence-corrected chi connectivity index (χ4v) is 5.72. The van der Waals surface area contributed by atoms with Crippen LogP contribution in [0.4, 0.5) is 5.69 Å². The number of carbonyl (C=O) groups excluding carboxylic acids is 2. The van der Waals surface area contributed by atoms with Crippen LogP contribution < -0.4 is 9.62 Å². The third kappa shape index (κ3) is 7.53. The Bertz CT molecular complexity index is 1400. The maximum atomic E-state index is 14.0. The summed E-state index contributed by atoms with van der Waals surface area (Å²) in [6.07, 6.45) is 0.723. The van der Waals surface area contributed by atoms with E-state index in [9.17, 15) is 18.0 Å². The molecule has 10 heteroatoms. The SMILES string of the molecule is CC[C@@H](C)NC(=O)[C@@H](C)N(Cc1ccc(Cl)cc1)C(=O)CN(c1cccc(Cl)c1C)S(=O)(=O)c1ccccc1. The molecule has 1 N–H and O–H groups in total. The number of carbonyl (C=O) groups is 2. The Labute approximate surface area is 240 Å². The molecule has 0 fully saturated rings. The van der Waals surface area contributed by atoms with Crippen molar-refractivity contribution >= 4 is 50.7 Å². The van der Waals surface area contributed by atoms with E-state index in [2.05, 4.69) is 5.32 Å². The number of sulfonamides is 1. The average Bonchev–Trinajstić information content (AvgIpc) is 2.92. The van der Waals surface area contributed by atoms with Gasteiger partial charge in [-0.2, -0.15) is 0 Å². The van der Waals surface area contributed by atoms with Crippen LogP contribution in [-0.4, -0.2) is 43.8 Å². The molecule has 0 heterocycles. The number of halogens is 2. The van der Waals surface area contributed by atoms with Crippen LogP contribution >= 0.6 is 23.2 Å². The van der Waals surface area contributed by atoms with Gasteiger partial charge in [0.2, 0.25) is 11.8 Å². The van der Waals surface area contributed by atoms with Crippen molar-refractivity contribution in [1.82, 2.24) is 10.2 Å². The first-order valence-corrected chi connectivity index (χ1v) is 14.8. The van der Waals surface area contributed by atoms with Crippen LogP contribution in [0.3, 0.4) is 0 Å². The number of nitrogens with one attached hydrogen (secondary N) is 1. The summed E-state index contributed by atoms with van der Waals surface area (Å²) in [5.74, 6) is -0.876. The van der Waals surface area contributed by atoms with E-state index in [0.717, 1.165) is 16.3 Å². The lowest BCUT2D eigenvalue weighted by Crippen LogP contribution is -2.52. The molecule has 0 spiro atoms. The highest BCUT2D eigenvalue weighted by Gasteiger charge is 2.33. The zero-order valence-corrected chi connectivity index (χ0v) is 24.7. The van der Waals surface area contributed by atoms with Crippen molar-refractivity contribution in [3.05, 3.63) is 94.0 Å². The van der Waals surface area contributed by atoms with Gasteiger partial charge in [0.1, 0.15) is 12.6 Å². The van der Waals surface area contributed by atoms with Crippen molar-refractivity contribution in [1.29, 1.82) is 0 Å². The predicted octanol–water partition coefficient (Wildman–Crippen LogP) is 5.83. The van der Waals surface area contributed by atoms with Crippen molar-refractivity contribution in [3.8, 4) is 0 Å². The molecule has 0 aliphatic carbocycles. The third-order valence-corrected chi connectivity index (χ3v) is 8.99. The molecular formula is C29H33Cl2N3O4S. The molecule has 3 rings (SSSR count). The van der Waals surface area contributed by atoms with Crippen molar-refractivity contribution in [3.63, 3.8) is 0 Å². The molecule has 0 bridgehead atoms. The Morgan fingerprint density at radius 1 is 0.923 bits per heavy atom. The molecule has 7 nitrogen and oxygen atoms in total. The van der Waals surface area contributed by atoms with E-state index in [1.165, 1.54) is 17.0 Å². The fraction of sp³-hybridized carbons (Fsp3) is 0.310. The lowest BCUT2D eigenvalue weighted by Gasteiger charge is -2.33. The summed E-state index contributed by atoms with van der Waals surface area (Å²) in [7, 11) is -4.16. The molecule has 39 heavy (non-hydrogen) atoms. The minimum absolute atomic E-state index is 0.0315. The normalized spacial score (nSPS) is 12.9. The molecule has 0 radical (unpaired) electrons. The predicted molar refractivity (Wildman–Crippen MR) is 157 cm³/mol. The Kier molecular flexibility index (Phi) is 10.4. The number of benzene rings is 3. The molecule has 208 valence electrons. The molecule has 0 saturated heterocycles. The zero-order valence-electron chi connectivity index (χ0n) is 22.4. The number of amides is 2. The van der Waals surface area contributed by atoms with Crippen molar-refractivity contribution in [2.45, 2.75) is 57.6 Å². The minimum atomic E-state index is -4.16. The minimum Gasteiger partial charge on any atom is -0.352 e. The van der Waals surface area contributed by atoms with E-state index in [1.54, 1.807) is 74.5 Å². The molecule has 0 saturated carbocycles. The van der Waals surface area contributed by atoms with E-state index in [4.69, 9.17) is 23.2 Å². The van der Waals surface area contributed by atoms with Gasteiger partial charge in [0.15, 0.2) is 0 Å². The summed E-state index contributed by atoms with van der Waals surface area (Å²) in [6.45, 7) is 6.71. The monoisotopic (exact) mass is 589 g/mol. The Morgan fingerprint density at radius 2 is 1.56 bits per heavy atom. The molecule has 0 aromatic heterocycles. The Balaban J connectivity index is 2.05. The van der Waals surface area contributed by atoms with E-state index in [0.29, 0.717) is 15.6 Å². The van der Waals surface area contributed by atoms with Crippen LogP contribution in [0.1, 0.15) is 38.3 Å².